The van der Waals surface area contributed by atoms with Gasteiger partial charge in [0.2, 0.25) is 0 Å². The Bertz CT molecular complexity index is 5410. The van der Waals surface area contributed by atoms with Crippen LogP contribution in [0.1, 0.15) is 0 Å². The maximum atomic E-state index is 7.01. The fourth-order valence-corrected chi connectivity index (χ4v) is 13.6. The first-order chi connectivity index (χ1) is 40.5. The van der Waals surface area contributed by atoms with Gasteiger partial charge >= 0.3 is 0 Å². The molecular formula is C72H40N6O2S2. The maximum Gasteiger partial charge on any atom is 0.174 e. The Morgan fingerprint density at radius 1 is 0.244 bits per heavy atom. The predicted molar refractivity (Wildman–Crippen MR) is 337 cm³/mol. The smallest absolute Gasteiger partial charge is 0.174 e. The molecule has 0 fully saturated rings. The van der Waals surface area contributed by atoms with Gasteiger partial charge in [0.1, 0.15) is 22.3 Å². The van der Waals surface area contributed by atoms with Crippen molar-refractivity contribution in [1.29, 1.82) is 0 Å². The molecule has 0 aliphatic rings. The number of hydrogen-bond donors (Lipinski definition) is 0. The van der Waals surface area contributed by atoms with Crippen LogP contribution in [0.3, 0.4) is 0 Å². The van der Waals surface area contributed by atoms with Crippen LogP contribution >= 0.6 is 22.7 Å². The summed E-state index contributed by atoms with van der Waals surface area (Å²) in [6.45, 7) is 0. The van der Waals surface area contributed by atoms with Gasteiger partial charge in [0.25, 0.3) is 0 Å². The van der Waals surface area contributed by atoms with Crippen molar-refractivity contribution in [1.82, 2.24) is 29.9 Å². The minimum atomic E-state index is 0.560. The fourth-order valence-electron chi connectivity index (χ4n) is 11.6. The van der Waals surface area contributed by atoms with Crippen LogP contribution in [-0.2, 0) is 0 Å². The van der Waals surface area contributed by atoms with Crippen molar-refractivity contribution in [2.75, 3.05) is 0 Å². The Kier molecular flexibility index (Phi) is 10.5. The van der Waals surface area contributed by atoms with Crippen molar-refractivity contribution in [3.8, 4) is 89.2 Å². The molecule has 6 heterocycles. The van der Waals surface area contributed by atoms with E-state index in [9.17, 15) is 0 Å². The van der Waals surface area contributed by atoms with Crippen molar-refractivity contribution in [2.45, 2.75) is 0 Å². The van der Waals surface area contributed by atoms with Crippen molar-refractivity contribution in [3.63, 3.8) is 0 Å². The van der Waals surface area contributed by atoms with Gasteiger partial charge in [-0.05, 0) is 116 Å². The third-order valence-corrected chi connectivity index (χ3v) is 17.8. The van der Waals surface area contributed by atoms with Gasteiger partial charge in [0.15, 0.2) is 34.9 Å². The van der Waals surface area contributed by atoms with Gasteiger partial charge in [0, 0.05) is 58.8 Å². The second-order valence-electron chi connectivity index (χ2n) is 20.6. The number of hydrogen-bond acceptors (Lipinski definition) is 10. The highest BCUT2D eigenvalue weighted by atomic mass is 32.1. The van der Waals surface area contributed by atoms with E-state index < -0.39 is 0 Å². The van der Waals surface area contributed by atoms with Crippen LogP contribution < -0.4 is 0 Å². The molecule has 0 bridgehead atoms. The van der Waals surface area contributed by atoms with Gasteiger partial charge in [-0.1, -0.05) is 176 Å². The Balaban J connectivity index is 0.852. The Hall–Kier alpha value is -10.5. The zero-order valence-electron chi connectivity index (χ0n) is 43.4. The van der Waals surface area contributed by atoms with E-state index >= 15 is 0 Å². The Morgan fingerprint density at radius 2 is 0.817 bits per heavy atom. The minimum absolute atomic E-state index is 0.560. The highest BCUT2D eigenvalue weighted by molar-refractivity contribution is 7.22. The number of fused-ring (bicyclic) bond motifs is 10. The lowest BCUT2D eigenvalue weighted by molar-refractivity contribution is 0.669. The summed E-state index contributed by atoms with van der Waals surface area (Å²) < 4.78 is 15.6. The summed E-state index contributed by atoms with van der Waals surface area (Å²) in [6, 6.07) is 84.4. The minimum Gasteiger partial charge on any atom is -0.456 e. The number of furan rings is 2. The molecule has 6 aromatic heterocycles. The van der Waals surface area contributed by atoms with Crippen LogP contribution in [-0.4, -0.2) is 29.9 Å². The zero-order valence-corrected chi connectivity index (χ0v) is 45.0. The van der Waals surface area contributed by atoms with E-state index in [1.54, 1.807) is 22.7 Å². The predicted octanol–water partition coefficient (Wildman–Crippen LogP) is 19.9. The summed E-state index contributed by atoms with van der Waals surface area (Å²) >= 11 is 3.34. The van der Waals surface area contributed by atoms with Gasteiger partial charge in [0.05, 0.1) is 9.75 Å². The third-order valence-electron chi connectivity index (χ3n) is 15.6. The monoisotopic (exact) mass is 1080 g/mol. The van der Waals surface area contributed by atoms with E-state index in [0.29, 0.717) is 34.9 Å². The van der Waals surface area contributed by atoms with Crippen LogP contribution in [0.5, 0.6) is 0 Å². The van der Waals surface area contributed by atoms with Crippen LogP contribution in [0.15, 0.2) is 251 Å². The van der Waals surface area contributed by atoms with Gasteiger partial charge in [-0.2, -0.15) is 0 Å². The Morgan fingerprint density at radius 3 is 1.63 bits per heavy atom. The molecule has 0 saturated heterocycles. The zero-order chi connectivity index (χ0) is 53.8. The lowest BCUT2D eigenvalue weighted by Gasteiger charge is -2.12. The normalized spacial score (nSPS) is 11.9. The molecule has 0 saturated carbocycles. The molecular weight excluding hydrogens is 1040 g/mol. The Labute approximate surface area is 476 Å². The number of benzene rings is 11. The van der Waals surface area contributed by atoms with Crippen LogP contribution in [0.25, 0.3) is 175 Å². The molecule has 0 radical (unpaired) electrons. The van der Waals surface area contributed by atoms with E-state index in [2.05, 4.69) is 212 Å². The second-order valence-corrected chi connectivity index (χ2v) is 22.7. The van der Waals surface area contributed by atoms with E-state index in [-0.39, 0.29) is 0 Å². The first kappa shape index (κ1) is 46.4. The molecule has 0 N–H and O–H groups in total. The van der Waals surface area contributed by atoms with E-state index in [1.165, 1.54) is 4.70 Å². The molecule has 8 nitrogen and oxygen atoms in total. The lowest BCUT2D eigenvalue weighted by Crippen LogP contribution is -2.00. The van der Waals surface area contributed by atoms with Crippen LogP contribution in [0, 0.1) is 0 Å². The van der Waals surface area contributed by atoms with Crippen molar-refractivity contribution >= 4 is 108 Å². The van der Waals surface area contributed by atoms with Crippen molar-refractivity contribution < 1.29 is 8.83 Å². The maximum absolute atomic E-state index is 7.01. The number of para-hydroxylation sites is 1. The average molecular weight is 1090 g/mol. The number of rotatable bonds is 8. The average Bonchev–Trinajstić information content (AvgIpc) is 3.62. The largest absolute Gasteiger partial charge is 0.456 e. The molecule has 382 valence electrons. The quantitative estimate of drug-likeness (QED) is 0.148. The molecule has 0 amide bonds. The number of thiophene rings is 2. The highest BCUT2D eigenvalue weighted by Crippen LogP contribution is 2.45. The molecule has 0 unspecified atom stereocenters. The summed E-state index contributed by atoms with van der Waals surface area (Å²) in [5.74, 6) is 3.51. The standard InChI is InChI=1S/C72H40N6O2S2/c1-2-15-41(16-3-1)50-23-9-10-25-54(50)69-74-68(76-71(77-69)64-39-46-20-7-13-28-62(46)81-64)49-34-56(66-58(35-49)57-33-43-18-4-5-19-44(43)36-61(57)80-66)45-29-30-47-40-65(82-63(47)38-45)72-75-67(48-31-32-53-52-24-11-12-27-59(52)79-60(53)37-48)73-70(78-72)55-26-14-21-42-17-6-8-22-51(42)55/h1-40H. The molecule has 10 heteroatoms. The molecule has 0 aliphatic carbocycles. The van der Waals surface area contributed by atoms with Gasteiger partial charge < -0.3 is 8.83 Å². The molecule has 17 aromatic rings. The van der Waals surface area contributed by atoms with Gasteiger partial charge in [-0.15, -0.1) is 22.7 Å². The first-order valence-corrected chi connectivity index (χ1v) is 28.7. The molecule has 82 heavy (non-hydrogen) atoms. The summed E-state index contributed by atoms with van der Waals surface area (Å²) in [5, 5.41) is 10.7. The van der Waals surface area contributed by atoms with Gasteiger partial charge in [-0.3, -0.25) is 0 Å². The fraction of sp³-hybridized carbons (Fsp3) is 0. The molecule has 0 aliphatic heterocycles. The number of aromatic nitrogens is 6. The summed E-state index contributed by atoms with van der Waals surface area (Å²) in [4.78, 5) is 33.7. The van der Waals surface area contributed by atoms with Crippen LogP contribution in [0.2, 0.25) is 0 Å². The highest BCUT2D eigenvalue weighted by Gasteiger charge is 2.23. The molecule has 11 aromatic carbocycles. The van der Waals surface area contributed by atoms with Gasteiger partial charge in [-0.25, -0.2) is 29.9 Å². The van der Waals surface area contributed by atoms with E-state index in [1.807, 2.05) is 30.3 Å². The molecule has 17 rings (SSSR count). The molecule has 0 atom stereocenters. The second kappa shape index (κ2) is 18.5. The van der Waals surface area contributed by atoms with Crippen molar-refractivity contribution in [2.24, 2.45) is 0 Å². The van der Waals surface area contributed by atoms with Crippen molar-refractivity contribution in [3.05, 3.63) is 243 Å². The summed E-state index contributed by atoms with van der Waals surface area (Å²) in [6.07, 6.45) is 0. The molecule has 0 spiro atoms. The SMILES string of the molecule is c1ccc(-c2ccccc2-c2nc(-c3cc(-c4ccc5cc(-c6nc(-c7ccc8c(c7)oc7ccccc78)nc(-c7cccc8ccccc78)n6)sc5c4)c4oc5cc6ccccc6cc5c4c3)nc(-c3cc4ccccc4s3)n2)cc1. The third kappa shape index (κ3) is 7.79. The van der Waals surface area contributed by atoms with E-state index in [0.717, 1.165) is 135 Å². The first-order valence-electron chi connectivity index (χ1n) is 27.0. The summed E-state index contributed by atoms with van der Waals surface area (Å²) in [5.41, 5.74) is 10.7. The lowest BCUT2D eigenvalue weighted by atomic mass is 9.97. The van der Waals surface area contributed by atoms with Crippen LogP contribution in [0.4, 0.5) is 0 Å². The van der Waals surface area contributed by atoms with E-state index in [4.69, 9.17) is 38.7 Å². The topological polar surface area (TPSA) is 104 Å². The number of nitrogens with zero attached hydrogens (tertiary/aromatic N) is 6. The summed E-state index contributed by atoms with van der Waals surface area (Å²) in [7, 11) is 0.